The standard InChI is InChI=1S/C15H13BrO3/c1-10-8-9-12(16)14(13(10)15(17)18-2)19-11-6-4-3-5-7-11/h3-9H,1-2H3. The summed E-state index contributed by atoms with van der Waals surface area (Å²) in [7, 11) is 1.36. The van der Waals surface area contributed by atoms with Gasteiger partial charge in [0.25, 0.3) is 0 Å². The summed E-state index contributed by atoms with van der Waals surface area (Å²) in [6.45, 7) is 1.84. The molecule has 0 saturated heterocycles. The van der Waals surface area contributed by atoms with E-state index in [-0.39, 0.29) is 0 Å². The molecule has 2 aromatic carbocycles. The number of carbonyl (C=O) groups excluding carboxylic acids is 1. The number of aryl methyl sites for hydroxylation is 1. The largest absolute Gasteiger partial charge is 0.465 e. The lowest BCUT2D eigenvalue weighted by Crippen LogP contribution is -2.06. The third-order valence-electron chi connectivity index (χ3n) is 2.67. The topological polar surface area (TPSA) is 35.5 Å². The fourth-order valence-corrected chi connectivity index (χ4v) is 2.13. The van der Waals surface area contributed by atoms with Crippen molar-refractivity contribution in [2.45, 2.75) is 6.92 Å². The first kappa shape index (κ1) is 13.6. The number of benzene rings is 2. The smallest absolute Gasteiger partial charge is 0.341 e. The second kappa shape index (κ2) is 5.89. The van der Waals surface area contributed by atoms with Crippen LogP contribution in [0.2, 0.25) is 0 Å². The molecule has 0 radical (unpaired) electrons. The van der Waals surface area contributed by atoms with Crippen LogP contribution in [-0.4, -0.2) is 13.1 Å². The highest BCUT2D eigenvalue weighted by atomic mass is 79.9. The fraction of sp³-hybridized carbons (Fsp3) is 0.133. The molecule has 0 fully saturated rings. The summed E-state index contributed by atoms with van der Waals surface area (Å²) in [5.74, 6) is 0.724. The van der Waals surface area contributed by atoms with Gasteiger partial charge >= 0.3 is 5.97 Å². The van der Waals surface area contributed by atoms with Crippen molar-refractivity contribution in [3.05, 3.63) is 58.1 Å². The van der Waals surface area contributed by atoms with E-state index in [1.165, 1.54) is 7.11 Å². The summed E-state index contributed by atoms with van der Waals surface area (Å²) in [6, 6.07) is 13.0. The van der Waals surface area contributed by atoms with Crippen LogP contribution in [0.3, 0.4) is 0 Å². The Balaban J connectivity index is 2.49. The second-order valence-corrected chi connectivity index (χ2v) is 4.83. The van der Waals surface area contributed by atoms with Crippen molar-refractivity contribution in [2.24, 2.45) is 0 Å². The molecule has 19 heavy (non-hydrogen) atoms. The minimum absolute atomic E-state index is 0.412. The molecule has 0 heterocycles. The van der Waals surface area contributed by atoms with E-state index in [1.807, 2.05) is 49.4 Å². The van der Waals surface area contributed by atoms with E-state index in [9.17, 15) is 4.79 Å². The van der Waals surface area contributed by atoms with Crippen LogP contribution >= 0.6 is 15.9 Å². The molecule has 3 nitrogen and oxygen atoms in total. The quantitative estimate of drug-likeness (QED) is 0.789. The van der Waals surface area contributed by atoms with Crippen molar-refractivity contribution in [3.63, 3.8) is 0 Å². The zero-order valence-corrected chi connectivity index (χ0v) is 12.2. The van der Waals surface area contributed by atoms with Crippen LogP contribution in [-0.2, 0) is 4.74 Å². The molecule has 0 amide bonds. The number of hydrogen-bond donors (Lipinski definition) is 0. The van der Waals surface area contributed by atoms with Gasteiger partial charge < -0.3 is 9.47 Å². The second-order valence-electron chi connectivity index (χ2n) is 3.98. The summed E-state index contributed by atoms with van der Waals surface area (Å²) in [5.41, 5.74) is 1.24. The van der Waals surface area contributed by atoms with Gasteiger partial charge in [-0.3, -0.25) is 0 Å². The molecule has 2 rings (SSSR count). The van der Waals surface area contributed by atoms with Crippen LogP contribution < -0.4 is 4.74 Å². The van der Waals surface area contributed by atoms with Crippen molar-refractivity contribution < 1.29 is 14.3 Å². The maximum absolute atomic E-state index is 11.9. The lowest BCUT2D eigenvalue weighted by Gasteiger charge is -2.13. The van der Waals surface area contributed by atoms with Crippen LogP contribution in [0.5, 0.6) is 11.5 Å². The molecular formula is C15H13BrO3. The van der Waals surface area contributed by atoms with Crippen LogP contribution in [0.25, 0.3) is 0 Å². The zero-order chi connectivity index (χ0) is 13.8. The molecule has 0 saturated carbocycles. The molecule has 98 valence electrons. The molecule has 0 spiro atoms. The van der Waals surface area contributed by atoms with Crippen LogP contribution in [0.1, 0.15) is 15.9 Å². The summed E-state index contributed by atoms with van der Waals surface area (Å²) in [4.78, 5) is 11.9. The average Bonchev–Trinajstić information content (AvgIpc) is 2.43. The van der Waals surface area contributed by atoms with Gasteiger partial charge in [-0.25, -0.2) is 4.79 Å². The molecule has 0 aromatic heterocycles. The Bertz CT molecular complexity index is 594. The van der Waals surface area contributed by atoms with Crippen LogP contribution in [0.4, 0.5) is 0 Å². The Morgan fingerprint density at radius 1 is 1.11 bits per heavy atom. The highest BCUT2D eigenvalue weighted by molar-refractivity contribution is 9.10. The van der Waals surface area contributed by atoms with Gasteiger partial charge in [-0.1, -0.05) is 24.3 Å². The van der Waals surface area contributed by atoms with E-state index in [1.54, 1.807) is 0 Å². The molecule has 0 aliphatic carbocycles. The van der Waals surface area contributed by atoms with Crippen molar-refractivity contribution in [3.8, 4) is 11.5 Å². The van der Waals surface area contributed by atoms with Crippen molar-refractivity contribution in [2.75, 3.05) is 7.11 Å². The number of carbonyl (C=O) groups is 1. The Hall–Kier alpha value is -1.81. The van der Waals surface area contributed by atoms with Gasteiger partial charge in [0.2, 0.25) is 0 Å². The number of para-hydroxylation sites is 1. The van der Waals surface area contributed by atoms with Crippen molar-refractivity contribution in [1.82, 2.24) is 0 Å². The first-order valence-corrected chi connectivity index (χ1v) is 6.53. The highest BCUT2D eigenvalue weighted by Crippen LogP contribution is 2.35. The Morgan fingerprint density at radius 3 is 2.42 bits per heavy atom. The Labute approximate surface area is 120 Å². The number of hydrogen-bond acceptors (Lipinski definition) is 3. The predicted octanol–water partition coefficient (Wildman–Crippen LogP) is 4.34. The van der Waals surface area contributed by atoms with Gasteiger partial charge in [0, 0.05) is 0 Å². The van der Waals surface area contributed by atoms with E-state index in [0.717, 1.165) is 5.56 Å². The number of methoxy groups -OCH3 is 1. The van der Waals surface area contributed by atoms with E-state index in [2.05, 4.69) is 15.9 Å². The summed E-state index contributed by atoms with van der Waals surface area (Å²) in [5, 5.41) is 0. The predicted molar refractivity (Wildman–Crippen MR) is 76.7 cm³/mol. The molecule has 4 heteroatoms. The third-order valence-corrected chi connectivity index (χ3v) is 3.30. The van der Waals surface area contributed by atoms with Crippen LogP contribution in [0.15, 0.2) is 46.9 Å². The van der Waals surface area contributed by atoms with Crippen molar-refractivity contribution >= 4 is 21.9 Å². The first-order valence-electron chi connectivity index (χ1n) is 5.74. The minimum Gasteiger partial charge on any atom is -0.465 e. The summed E-state index contributed by atoms with van der Waals surface area (Å²) < 4.78 is 11.3. The summed E-state index contributed by atoms with van der Waals surface area (Å²) >= 11 is 3.40. The normalized spacial score (nSPS) is 10.1. The Morgan fingerprint density at radius 2 is 1.79 bits per heavy atom. The zero-order valence-electron chi connectivity index (χ0n) is 10.6. The molecule has 0 aliphatic heterocycles. The number of esters is 1. The van der Waals surface area contributed by atoms with Gasteiger partial charge in [-0.15, -0.1) is 0 Å². The molecule has 0 aliphatic rings. The lowest BCUT2D eigenvalue weighted by atomic mass is 10.1. The van der Waals surface area contributed by atoms with E-state index in [0.29, 0.717) is 21.5 Å². The minimum atomic E-state index is -0.412. The van der Waals surface area contributed by atoms with Gasteiger partial charge in [0.05, 0.1) is 11.6 Å². The molecule has 2 aromatic rings. The van der Waals surface area contributed by atoms with Crippen LogP contribution in [0, 0.1) is 6.92 Å². The fourth-order valence-electron chi connectivity index (χ4n) is 1.72. The summed E-state index contributed by atoms with van der Waals surface area (Å²) in [6.07, 6.45) is 0. The molecular weight excluding hydrogens is 308 g/mol. The molecule has 0 bridgehead atoms. The number of ether oxygens (including phenoxy) is 2. The first-order chi connectivity index (χ1) is 9.13. The van der Waals surface area contributed by atoms with Crippen molar-refractivity contribution in [1.29, 1.82) is 0 Å². The monoisotopic (exact) mass is 320 g/mol. The van der Waals surface area contributed by atoms with Gasteiger partial charge in [0.1, 0.15) is 11.3 Å². The third kappa shape index (κ3) is 2.96. The SMILES string of the molecule is COC(=O)c1c(C)ccc(Br)c1Oc1ccccc1. The Kier molecular flexibility index (Phi) is 4.22. The van der Waals surface area contributed by atoms with E-state index < -0.39 is 5.97 Å². The average molecular weight is 321 g/mol. The lowest BCUT2D eigenvalue weighted by molar-refractivity contribution is 0.0597. The number of rotatable bonds is 3. The van der Waals surface area contributed by atoms with E-state index >= 15 is 0 Å². The number of halogens is 1. The van der Waals surface area contributed by atoms with Gasteiger partial charge in [-0.2, -0.15) is 0 Å². The van der Waals surface area contributed by atoms with Gasteiger partial charge in [0.15, 0.2) is 5.75 Å². The van der Waals surface area contributed by atoms with Gasteiger partial charge in [-0.05, 0) is 46.6 Å². The van der Waals surface area contributed by atoms with E-state index in [4.69, 9.17) is 9.47 Å². The molecule has 0 atom stereocenters. The molecule has 0 unspecified atom stereocenters. The highest BCUT2D eigenvalue weighted by Gasteiger charge is 2.19. The molecule has 0 N–H and O–H groups in total. The maximum Gasteiger partial charge on any atom is 0.341 e. The maximum atomic E-state index is 11.9.